The number of hydrogen-bond donors (Lipinski definition) is 0. The lowest BCUT2D eigenvalue weighted by Crippen LogP contribution is -2.14. The molecule has 3 rings (SSSR count). The van der Waals surface area contributed by atoms with Crippen LogP contribution in [0.15, 0.2) is 30.4 Å². The fourth-order valence-corrected chi connectivity index (χ4v) is 4.91. The smallest absolute Gasteiger partial charge is 0.141 e. The van der Waals surface area contributed by atoms with Crippen LogP contribution in [0.1, 0.15) is 88.2 Å². The molecular weight excluding hydrogens is 321 g/mol. The minimum atomic E-state index is -0.370. The van der Waals surface area contributed by atoms with Crippen molar-refractivity contribution in [3.05, 3.63) is 47.3 Å². The second-order valence-electron chi connectivity index (χ2n) is 8.42. The summed E-state index contributed by atoms with van der Waals surface area (Å²) in [5, 5.41) is 8.86. The van der Waals surface area contributed by atoms with E-state index in [-0.39, 0.29) is 11.4 Å². The van der Waals surface area contributed by atoms with Gasteiger partial charge in [0.25, 0.3) is 0 Å². The van der Waals surface area contributed by atoms with E-state index in [4.69, 9.17) is 5.26 Å². The van der Waals surface area contributed by atoms with Crippen LogP contribution in [0.25, 0.3) is 0 Å². The van der Waals surface area contributed by atoms with Crippen molar-refractivity contribution < 1.29 is 4.39 Å². The van der Waals surface area contributed by atoms with Crippen LogP contribution in [-0.4, -0.2) is 0 Å². The number of nitrogens with zero attached hydrogens (tertiary/aromatic N) is 1. The van der Waals surface area contributed by atoms with Crippen molar-refractivity contribution >= 4 is 0 Å². The van der Waals surface area contributed by atoms with Crippen LogP contribution in [0.3, 0.4) is 0 Å². The Morgan fingerprint density at radius 1 is 1.00 bits per heavy atom. The highest BCUT2D eigenvalue weighted by molar-refractivity contribution is 5.35. The number of benzene rings is 1. The van der Waals surface area contributed by atoms with E-state index in [1.165, 1.54) is 51.4 Å². The summed E-state index contributed by atoms with van der Waals surface area (Å²) >= 11 is 0. The highest BCUT2D eigenvalue weighted by Gasteiger charge is 2.23. The summed E-state index contributed by atoms with van der Waals surface area (Å²) in [4.78, 5) is 0. The lowest BCUT2D eigenvalue weighted by atomic mass is 9.77. The van der Waals surface area contributed by atoms with Crippen LogP contribution in [0, 0.1) is 34.9 Å². The van der Waals surface area contributed by atoms with Crippen molar-refractivity contribution in [3.63, 3.8) is 0 Å². The molecule has 0 unspecified atom stereocenters. The monoisotopic (exact) mass is 353 g/mol. The molecule has 140 valence electrons. The van der Waals surface area contributed by atoms with E-state index in [1.54, 1.807) is 12.1 Å². The van der Waals surface area contributed by atoms with E-state index < -0.39 is 0 Å². The van der Waals surface area contributed by atoms with Crippen molar-refractivity contribution in [3.8, 4) is 6.07 Å². The Hall–Kier alpha value is -1.62. The molecule has 2 fully saturated rings. The van der Waals surface area contributed by atoms with Gasteiger partial charge in [-0.1, -0.05) is 38.0 Å². The second kappa shape index (κ2) is 9.36. The van der Waals surface area contributed by atoms with Crippen LogP contribution in [0.2, 0.25) is 0 Å². The van der Waals surface area contributed by atoms with Gasteiger partial charge in [-0.25, -0.2) is 4.39 Å². The molecule has 1 aromatic carbocycles. The van der Waals surface area contributed by atoms with Gasteiger partial charge in [0.15, 0.2) is 0 Å². The zero-order chi connectivity index (χ0) is 18.4. The second-order valence-corrected chi connectivity index (χ2v) is 8.42. The summed E-state index contributed by atoms with van der Waals surface area (Å²) < 4.78 is 13.9. The standard InChI is InChI=1S/C24H32FN/c1-2-3-18-4-6-19(7-5-18)8-9-20-10-12-21(13-11-20)22-14-15-23(17-26)24(25)16-22/h8-9,14-16,18-21H,2-7,10-13H2,1H3. The van der Waals surface area contributed by atoms with Crippen molar-refractivity contribution in [1.82, 2.24) is 0 Å². The average Bonchev–Trinajstić information content (AvgIpc) is 2.68. The van der Waals surface area contributed by atoms with E-state index >= 15 is 0 Å². The molecule has 2 saturated carbocycles. The molecule has 0 radical (unpaired) electrons. The largest absolute Gasteiger partial charge is 0.206 e. The third kappa shape index (κ3) is 4.97. The Kier molecular flexibility index (Phi) is 6.89. The molecule has 0 spiro atoms. The summed E-state index contributed by atoms with van der Waals surface area (Å²) in [6.45, 7) is 2.30. The first-order valence-corrected chi connectivity index (χ1v) is 10.6. The molecule has 0 aliphatic heterocycles. The fraction of sp³-hybridized carbons (Fsp3) is 0.625. The zero-order valence-corrected chi connectivity index (χ0v) is 16.1. The Morgan fingerprint density at radius 2 is 1.62 bits per heavy atom. The van der Waals surface area contributed by atoms with Crippen LogP contribution < -0.4 is 0 Å². The molecule has 2 aliphatic carbocycles. The first-order chi connectivity index (χ1) is 12.7. The van der Waals surface area contributed by atoms with Gasteiger partial charge < -0.3 is 0 Å². The summed E-state index contributed by atoms with van der Waals surface area (Å²) in [5.74, 6) is 2.56. The third-order valence-electron chi connectivity index (χ3n) is 6.60. The molecular formula is C24H32FN. The topological polar surface area (TPSA) is 23.8 Å². The Bertz CT molecular complexity index is 641. The Morgan fingerprint density at radius 3 is 2.15 bits per heavy atom. The van der Waals surface area contributed by atoms with Crippen molar-refractivity contribution in [2.45, 2.75) is 77.0 Å². The maximum Gasteiger partial charge on any atom is 0.141 e. The lowest BCUT2D eigenvalue weighted by Gasteiger charge is -2.29. The number of halogens is 1. The summed E-state index contributed by atoms with van der Waals surface area (Å²) in [6.07, 6.45) is 18.0. The number of rotatable bonds is 5. The van der Waals surface area contributed by atoms with Crippen LogP contribution in [0.4, 0.5) is 4.39 Å². The van der Waals surface area contributed by atoms with Gasteiger partial charge in [-0.05, 0) is 92.7 Å². The molecule has 0 heterocycles. The van der Waals surface area contributed by atoms with Crippen molar-refractivity contribution in [1.29, 1.82) is 5.26 Å². The van der Waals surface area contributed by atoms with Gasteiger partial charge in [0.2, 0.25) is 0 Å². The maximum atomic E-state index is 13.9. The number of hydrogen-bond acceptors (Lipinski definition) is 1. The minimum absolute atomic E-state index is 0.152. The quantitative estimate of drug-likeness (QED) is 0.516. The molecule has 2 aliphatic rings. The predicted octanol–water partition coefficient (Wildman–Crippen LogP) is 7.13. The number of nitriles is 1. The van der Waals surface area contributed by atoms with Gasteiger partial charge in [-0.15, -0.1) is 0 Å². The minimum Gasteiger partial charge on any atom is -0.206 e. The first-order valence-electron chi connectivity index (χ1n) is 10.6. The first kappa shape index (κ1) is 19.2. The molecule has 1 nitrogen and oxygen atoms in total. The summed E-state index contributed by atoms with van der Waals surface area (Å²) in [6, 6.07) is 7.06. The molecule has 0 bridgehead atoms. The molecule has 0 N–H and O–H groups in total. The van der Waals surface area contributed by atoms with Gasteiger partial charge in [-0.2, -0.15) is 5.26 Å². The number of allylic oxidation sites excluding steroid dienone is 2. The van der Waals surface area contributed by atoms with Gasteiger partial charge in [0, 0.05) is 0 Å². The average molecular weight is 354 g/mol. The van der Waals surface area contributed by atoms with Crippen molar-refractivity contribution in [2.75, 3.05) is 0 Å². The third-order valence-corrected chi connectivity index (χ3v) is 6.60. The summed E-state index contributed by atoms with van der Waals surface area (Å²) in [5.41, 5.74) is 1.22. The molecule has 0 amide bonds. The van der Waals surface area contributed by atoms with Gasteiger partial charge in [-0.3, -0.25) is 0 Å². The lowest BCUT2D eigenvalue weighted by molar-refractivity contribution is 0.292. The van der Waals surface area contributed by atoms with Gasteiger partial charge in [0.1, 0.15) is 11.9 Å². The SMILES string of the molecule is CCCC1CCC(C=CC2CCC(c3ccc(C#N)c(F)c3)CC2)CC1. The Labute approximate surface area is 158 Å². The van der Waals surface area contributed by atoms with E-state index in [0.717, 1.165) is 30.2 Å². The van der Waals surface area contributed by atoms with E-state index in [1.807, 2.05) is 12.1 Å². The molecule has 0 saturated heterocycles. The highest BCUT2D eigenvalue weighted by atomic mass is 19.1. The van der Waals surface area contributed by atoms with Crippen LogP contribution >= 0.6 is 0 Å². The molecule has 2 heteroatoms. The molecule has 0 aromatic heterocycles. The van der Waals surface area contributed by atoms with Gasteiger partial charge in [0.05, 0.1) is 5.56 Å². The summed E-state index contributed by atoms with van der Waals surface area (Å²) in [7, 11) is 0. The van der Waals surface area contributed by atoms with Crippen molar-refractivity contribution in [2.24, 2.45) is 17.8 Å². The van der Waals surface area contributed by atoms with Crippen LogP contribution in [-0.2, 0) is 0 Å². The normalized spacial score (nSPS) is 29.6. The predicted molar refractivity (Wildman–Crippen MR) is 105 cm³/mol. The fourth-order valence-electron chi connectivity index (χ4n) is 4.91. The molecule has 0 atom stereocenters. The van der Waals surface area contributed by atoms with E-state index in [9.17, 15) is 4.39 Å². The molecule has 26 heavy (non-hydrogen) atoms. The van der Waals surface area contributed by atoms with E-state index in [2.05, 4.69) is 19.1 Å². The zero-order valence-electron chi connectivity index (χ0n) is 16.1. The maximum absolute atomic E-state index is 13.9. The van der Waals surface area contributed by atoms with Crippen LogP contribution in [0.5, 0.6) is 0 Å². The highest BCUT2D eigenvalue weighted by Crippen LogP contribution is 2.38. The van der Waals surface area contributed by atoms with E-state index in [0.29, 0.717) is 11.8 Å². The molecule has 1 aromatic rings. The van der Waals surface area contributed by atoms with Gasteiger partial charge >= 0.3 is 0 Å². The Balaban J connectivity index is 1.45.